The van der Waals surface area contributed by atoms with E-state index in [9.17, 15) is 9.59 Å². The van der Waals surface area contributed by atoms with Crippen molar-refractivity contribution in [1.29, 1.82) is 0 Å². The predicted molar refractivity (Wildman–Crippen MR) is 83.6 cm³/mol. The van der Waals surface area contributed by atoms with Crippen molar-refractivity contribution in [2.45, 2.75) is 31.3 Å². The zero-order valence-corrected chi connectivity index (χ0v) is 13.2. The molecule has 128 valence electrons. The summed E-state index contributed by atoms with van der Waals surface area (Å²) in [7, 11) is 0. The highest BCUT2D eigenvalue weighted by molar-refractivity contribution is 5.90. The number of fused-ring (bicyclic) bond motifs is 1. The van der Waals surface area contributed by atoms with Gasteiger partial charge < -0.3 is 19.3 Å². The number of nitrogens with zero attached hydrogens (tertiary/aromatic N) is 1. The van der Waals surface area contributed by atoms with Gasteiger partial charge in [0.2, 0.25) is 0 Å². The van der Waals surface area contributed by atoms with Gasteiger partial charge >= 0.3 is 12.1 Å². The molecule has 1 saturated carbocycles. The van der Waals surface area contributed by atoms with E-state index in [4.69, 9.17) is 19.3 Å². The highest BCUT2D eigenvalue weighted by Gasteiger charge is 2.48. The zero-order valence-electron chi connectivity index (χ0n) is 13.2. The van der Waals surface area contributed by atoms with E-state index in [1.54, 1.807) is 17.0 Å². The number of aliphatic carboxylic acids is 1. The quantitative estimate of drug-likeness (QED) is 0.895. The smallest absolute Gasteiger partial charge is 0.415 e. The van der Waals surface area contributed by atoms with Crippen molar-refractivity contribution in [3.05, 3.63) is 18.2 Å². The molecule has 0 unspecified atom stereocenters. The summed E-state index contributed by atoms with van der Waals surface area (Å²) in [6.45, 7) is 1.45. The minimum absolute atomic E-state index is 0.335. The summed E-state index contributed by atoms with van der Waals surface area (Å²) in [6, 6.07) is 5.40. The number of amides is 1. The molecule has 3 aliphatic rings. The molecule has 1 saturated heterocycles. The molecule has 7 nitrogen and oxygen atoms in total. The number of carboxylic acids is 1. The molecule has 1 amide bonds. The van der Waals surface area contributed by atoms with Crippen molar-refractivity contribution < 1.29 is 28.9 Å². The molecule has 4 rings (SSSR count). The maximum atomic E-state index is 12.3. The molecular weight excluding hydrogens is 314 g/mol. The Hall–Kier alpha value is -2.44. The first-order valence-electron chi connectivity index (χ1n) is 8.19. The van der Waals surface area contributed by atoms with Gasteiger partial charge in [-0.3, -0.25) is 9.69 Å². The minimum atomic E-state index is -0.766. The second kappa shape index (κ2) is 5.58. The van der Waals surface area contributed by atoms with Gasteiger partial charge in [-0.1, -0.05) is 0 Å². The third-order valence-electron chi connectivity index (χ3n) is 5.05. The number of carbonyl (C=O) groups is 2. The van der Waals surface area contributed by atoms with Crippen LogP contribution in [0, 0.1) is 5.92 Å². The van der Waals surface area contributed by atoms with Crippen molar-refractivity contribution in [2.24, 2.45) is 5.92 Å². The third kappa shape index (κ3) is 2.53. The second-order valence-corrected chi connectivity index (χ2v) is 6.58. The summed E-state index contributed by atoms with van der Waals surface area (Å²) < 4.78 is 16.7. The van der Waals surface area contributed by atoms with Crippen LogP contribution in [0.2, 0.25) is 0 Å². The number of ether oxygens (including phenoxy) is 3. The average Bonchev–Trinajstić information content (AvgIpc) is 2.91. The van der Waals surface area contributed by atoms with Crippen LogP contribution in [0.1, 0.15) is 25.7 Å². The fourth-order valence-corrected chi connectivity index (χ4v) is 3.67. The fourth-order valence-electron chi connectivity index (χ4n) is 3.67. The molecule has 1 N–H and O–H groups in total. The van der Waals surface area contributed by atoms with Crippen molar-refractivity contribution >= 4 is 17.7 Å². The fraction of sp³-hybridized carbons (Fsp3) is 0.529. The van der Waals surface area contributed by atoms with E-state index in [2.05, 4.69) is 0 Å². The van der Waals surface area contributed by atoms with Gasteiger partial charge in [-0.25, -0.2) is 4.79 Å². The minimum Gasteiger partial charge on any atom is -0.486 e. The van der Waals surface area contributed by atoms with E-state index in [-0.39, 0.29) is 12.0 Å². The van der Waals surface area contributed by atoms with E-state index in [1.807, 2.05) is 6.07 Å². The number of hydrogen-bond acceptors (Lipinski definition) is 5. The van der Waals surface area contributed by atoms with Crippen molar-refractivity contribution in [1.82, 2.24) is 0 Å². The zero-order chi connectivity index (χ0) is 16.7. The number of hydrogen-bond donors (Lipinski definition) is 1. The first-order valence-corrected chi connectivity index (χ1v) is 8.19. The van der Waals surface area contributed by atoms with Crippen LogP contribution in [-0.2, 0) is 9.53 Å². The summed E-state index contributed by atoms with van der Waals surface area (Å²) in [5.74, 6) is 0.201. The van der Waals surface area contributed by atoms with Crippen molar-refractivity contribution in [3.63, 3.8) is 0 Å². The molecule has 0 atom stereocenters. The molecule has 2 aliphatic heterocycles. The van der Waals surface area contributed by atoms with Crippen LogP contribution in [0.25, 0.3) is 0 Å². The maximum absolute atomic E-state index is 12.3. The number of carbonyl (C=O) groups excluding carboxylic acids is 1. The van der Waals surface area contributed by atoms with E-state index < -0.39 is 11.6 Å². The summed E-state index contributed by atoms with van der Waals surface area (Å²) in [5, 5.41) is 9.12. The molecule has 0 aromatic heterocycles. The molecule has 24 heavy (non-hydrogen) atoms. The Morgan fingerprint density at radius 3 is 2.58 bits per heavy atom. The SMILES string of the molecule is O=C1O[C@]2(CC[C@@H](C(=O)O)CC2)CN1c1ccc2c(c1)OCCO2. The lowest BCUT2D eigenvalue weighted by molar-refractivity contribution is -0.144. The molecule has 2 fully saturated rings. The third-order valence-corrected chi connectivity index (χ3v) is 5.05. The first kappa shape index (κ1) is 15.1. The number of carboxylic acid groups (broad SMARTS) is 1. The normalized spacial score (nSPS) is 28.8. The van der Waals surface area contributed by atoms with Gasteiger partial charge in [-0.15, -0.1) is 0 Å². The maximum Gasteiger partial charge on any atom is 0.415 e. The van der Waals surface area contributed by atoms with Crippen molar-refractivity contribution in [3.8, 4) is 11.5 Å². The molecular formula is C17H19NO6. The standard InChI is InChI=1S/C17H19NO6/c19-15(20)11-3-5-17(6-4-11)10-18(16(21)24-17)12-1-2-13-14(9-12)23-8-7-22-13/h1-2,9,11H,3-8,10H2,(H,19,20)/t11-,17+. The Labute approximate surface area is 139 Å². The molecule has 2 heterocycles. The van der Waals surface area contributed by atoms with Crippen LogP contribution in [0.15, 0.2) is 18.2 Å². The summed E-state index contributed by atoms with van der Waals surface area (Å²) in [6.07, 6.45) is 1.85. The topological polar surface area (TPSA) is 85.3 Å². The van der Waals surface area contributed by atoms with Gasteiger partial charge in [0.1, 0.15) is 18.8 Å². The highest BCUT2D eigenvalue weighted by atomic mass is 16.6. The van der Waals surface area contributed by atoms with Gasteiger partial charge in [0.25, 0.3) is 0 Å². The average molecular weight is 333 g/mol. The van der Waals surface area contributed by atoms with Crippen LogP contribution in [-0.4, -0.2) is 42.5 Å². The Morgan fingerprint density at radius 1 is 1.17 bits per heavy atom. The molecule has 7 heteroatoms. The lowest BCUT2D eigenvalue weighted by Crippen LogP contribution is -2.40. The Kier molecular flexibility index (Phi) is 3.51. The van der Waals surface area contributed by atoms with Crippen LogP contribution in [0.5, 0.6) is 11.5 Å². The lowest BCUT2D eigenvalue weighted by Gasteiger charge is -2.33. The summed E-state index contributed by atoms with van der Waals surface area (Å²) in [4.78, 5) is 25.0. The van der Waals surface area contributed by atoms with Crippen LogP contribution in [0.4, 0.5) is 10.5 Å². The van der Waals surface area contributed by atoms with E-state index in [0.717, 1.165) is 0 Å². The van der Waals surface area contributed by atoms with E-state index >= 15 is 0 Å². The molecule has 1 aromatic rings. The first-order chi connectivity index (χ1) is 11.6. The monoisotopic (exact) mass is 333 g/mol. The Balaban J connectivity index is 1.52. The highest BCUT2D eigenvalue weighted by Crippen LogP contribution is 2.42. The molecule has 1 spiro atoms. The number of rotatable bonds is 2. The molecule has 0 radical (unpaired) electrons. The van der Waals surface area contributed by atoms with Crippen molar-refractivity contribution in [2.75, 3.05) is 24.7 Å². The molecule has 1 aromatic carbocycles. The number of benzene rings is 1. The predicted octanol–water partition coefficient (Wildman–Crippen LogP) is 2.43. The van der Waals surface area contributed by atoms with Gasteiger partial charge in [0, 0.05) is 6.07 Å². The Morgan fingerprint density at radius 2 is 1.88 bits per heavy atom. The second-order valence-electron chi connectivity index (χ2n) is 6.58. The Bertz CT molecular complexity index is 680. The lowest BCUT2D eigenvalue weighted by atomic mass is 9.79. The van der Waals surface area contributed by atoms with Crippen LogP contribution >= 0.6 is 0 Å². The van der Waals surface area contributed by atoms with Gasteiger partial charge in [-0.05, 0) is 37.8 Å². The summed E-state index contributed by atoms with van der Waals surface area (Å²) >= 11 is 0. The molecule has 0 bridgehead atoms. The van der Waals surface area contributed by atoms with Crippen LogP contribution in [0.3, 0.4) is 0 Å². The molecule has 1 aliphatic carbocycles. The van der Waals surface area contributed by atoms with Crippen LogP contribution < -0.4 is 14.4 Å². The number of anilines is 1. The van der Waals surface area contributed by atoms with Gasteiger partial charge in [0.15, 0.2) is 11.5 Å². The van der Waals surface area contributed by atoms with E-state index in [1.165, 1.54) is 0 Å². The van der Waals surface area contributed by atoms with E-state index in [0.29, 0.717) is 62.6 Å². The van der Waals surface area contributed by atoms with Gasteiger partial charge in [0.05, 0.1) is 18.2 Å². The van der Waals surface area contributed by atoms with Gasteiger partial charge in [-0.2, -0.15) is 0 Å². The largest absolute Gasteiger partial charge is 0.486 e. The summed E-state index contributed by atoms with van der Waals surface area (Å²) in [5.41, 5.74) is 0.137.